The van der Waals surface area contributed by atoms with Gasteiger partial charge in [-0.15, -0.1) is 0 Å². The summed E-state index contributed by atoms with van der Waals surface area (Å²) in [4.78, 5) is 20.6. The van der Waals surface area contributed by atoms with Crippen LogP contribution in [0.25, 0.3) is 22.0 Å². The fourth-order valence-electron chi connectivity index (χ4n) is 2.19. The van der Waals surface area contributed by atoms with Gasteiger partial charge in [-0.3, -0.25) is 4.79 Å². The smallest absolute Gasteiger partial charge is 0.306 e. The van der Waals surface area contributed by atoms with Crippen LogP contribution in [-0.2, 0) is 12.4 Å². The number of H-pyrrole nitrogens is 1. The first-order chi connectivity index (χ1) is 12.4. The molecule has 3 aromatic rings. The summed E-state index contributed by atoms with van der Waals surface area (Å²) in [6.45, 7) is 0. The third-order valence-electron chi connectivity index (χ3n) is 3.33. The van der Waals surface area contributed by atoms with Gasteiger partial charge >= 0.3 is 12.4 Å². The van der Waals surface area contributed by atoms with Crippen molar-refractivity contribution in [2.45, 2.75) is 12.4 Å². The average molecular weight is 426 g/mol. The van der Waals surface area contributed by atoms with Crippen LogP contribution in [0.5, 0.6) is 0 Å². The third-order valence-corrected chi connectivity index (χ3v) is 4.50. The summed E-state index contributed by atoms with van der Waals surface area (Å²) in [6.07, 6.45) is -9.38. The Bertz CT molecular complexity index is 1040. The monoisotopic (exact) mass is 425 g/mol. The highest BCUT2D eigenvalue weighted by molar-refractivity contribution is 7.19. The molecule has 0 unspecified atom stereocenters. The van der Waals surface area contributed by atoms with Gasteiger partial charge in [0.2, 0.25) is 0 Å². The van der Waals surface area contributed by atoms with Gasteiger partial charge < -0.3 is 4.98 Å². The molecule has 0 saturated heterocycles. The van der Waals surface area contributed by atoms with E-state index >= 15 is 0 Å². The SMILES string of the molecule is O=c1cc(-c2ccc(C(F)(F)F)cc2)nc(-c2sc(Cl)nc2C(F)(F)F)[nH]1. The summed E-state index contributed by atoms with van der Waals surface area (Å²) in [7, 11) is 0. The molecule has 142 valence electrons. The fourth-order valence-corrected chi connectivity index (χ4v) is 3.26. The van der Waals surface area contributed by atoms with E-state index in [9.17, 15) is 31.1 Å². The molecule has 0 atom stereocenters. The zero-order valence-corrected chi connectivity index (χ0v) is 14.3. The highest BCUT2D eigenvalue weighted by Crippen LogP contribution is 2.40. The van der Waals surface area contributed by atoms with E-state index in [4.69, 9.17) is 11.6 Å². The van der Waals surface area contributed by atoms with Crippen LogP contribution < -0.4 is 5.56 Å². The Kier molecular flexibility index (Phi) is 4.76. The molecule has 0 bridgehead atoms. The number of aromatic nitrogens is 3. The van der Waals surface area contributed by atoms with Crippen LogP contribution in [0.4, 0.5) is 26.3 Å². The predicted octanol–water partition coefficient (Wildman–Crippen LogP) is 5.25. The van der Waals surface area contributed by atoms with E-state index in [1.807, 2.05) is 0 Å². The molecular weight excluding hydrogens is 420 g/mol. The Morgan fingerprint density at radius 3 is 2.15 bits per heavy atom. The number of thiazole rings is 1. The number of hydrogen-bond donors (Lipinski definition) is 1. The molecule has 1 aromatic carbocycles. The number of nitrogens with zero attached hydrogens (tertiary/aromatic N) is 2. The molecule has 2 heterocycles. The van der Waals surface area contributed by atoms with Crippen molar-refractivity contribution < 1.29 is 26.3 Å². The molecule has 0 radical (unpaired) electrons. The Labute approximate surface area is 155 Å². The topological polar surface area (TPSA) is 58.6 Å². The second-order valence-corrected chi connectivity index (χ2v) is 6.78. The lowest BCUT2D eigenvalue weighted by Gasteiger charge is -2.09. The van der Waals surface area contributed by atoms with Gasteiger partial charge in [0.25, 0.3) is 5.56 Å². The molecule has 12 heteroatoms. The highest BCUT2D eigenvalue weighted by atomic mass is 35.5. The van der Waals surface area contributed by atoms with Crippen LogP contribution in [0.2, 0.25) is 4.47 Å². The van der Waals surface area contributed by atoms with Crippen LogP contribution in [-0.4, -0.2) is 15.0 Å². The lowest BCUT2D eigenvalue weighted by Crippen LogP contribution is -2.12. The van der Waals surface area contributed by atoms with Gasteiger partial charge in [0, 0.05) is 11.6 Å². The van der Waals surface area contributed by atoms with Gasteiger partial charge in [0.1, 0.15) is 4.88 Å². The van der Waals surface area contributed by atoms with Crippen molar-refractivity contribution in [3.8, 4) is 22.0 Å². The predicted molar refractivity (Wildman–Crippen MR) is 86.4 cm³/mol. The van der Waals surface area contributed by atoms with Crippen molar-refractivity contribution in [3.05, 3.63) is 56.4 Å². The lowest BCUT2D eigenvalue weighted by atomic mass is 10.1. The number of aromatic amines is 1. The molecule has 0 saturated carbocycles. The lowest BCUT2D eigenvalue weighted by molar-refractivity contribution is -0.140. The molecule has 0 fully saturated rings. The van der Waals surface area contributed by atoms with Crippen molar-refractivity contribution in [3.63, 3.8) is 0 Å². The van der Waals surface area contributed by atoms with Crippen molar-refractivity contribution >= 4 is 22.9 Å². The molecule has 0 aliphatic rings. The quantitative estimate of drug-likeness (QED) is 0.570. The minimum absolute atomic E-state index is 0.0971. The van der Waals surface area contributed by atoms with Crippen molar-refractivity contribution in [2.75, 3.05) is 0 Å². The molecule has 1 N–H and O–H groups in total. The molecule has 4 nitrogen and oxygen atoms in total. The largest absolute Gasteiger partial charge is 0.434 e. The minimum atomic E-state index is -4.83. The summed E-state index contributed by atoms with van der Waals surface area (Å²) in [5.74, 6) is -0.436. The van der Waals surface area contributed by atoms with Gasteiger partial charge in [-0.05, 0) is 12.1 Å². The van der Waals surface area contributed by atoms with Crippen LogP contribution in [0.15, 0.2) is 35.1 Å². The molecule has 0 aliphatic heterocycles. The Morgan fingerprint density at radius 1 is 0.963 bits per heavy atom. The maximum Gasteiger partial charge on any atom is 0.434 e. The van der Waals surface area contributed by atoms with Crippen molar-refractivity contribution in [1.82, 2.24) is 15.0 Å². The molecule has 0 aliphatic carbocycles. The summed E-state index contributed by atoms with van der Waals surface area (Å²) >= 11 is 6.02. The van der Waals surface area contributed by atoms with Crippen molar-refractivity contribution in [2.24, 2.45) is 0 Å². The molecular formula is C15H6ClF6N3OS. The third kappa shape index (κ3) is 4.14. The molecule has 3 rings (SSSR count). The van der Waals surface area contributed by atoms with Crippen LogP contribution >= 0.6 is 22.9 Å². The van der Waals surface area contributed by atoms with E-state index < -0.39 is 44.3 Å². The molecule has 2 aromatic heterocycles. The second kappa shape index (κ2) is 6.64. The fraction of sp³-hybridized carbons (Fsp3) is 0.133. The van der Waals surface area contributed by atoms with Gasteiger partial charge in [0.05, 0.1) is 11.3 Å². The second-order valence-electron chi connectivity index (χ2n) is 5.20. The summed E-state index contributed by atoms with van der Waals surface area (Å²) < 4.78 is 76.8. The first kappa shape index (κ1) is 19.4. The number of rotatable bonds is 2. The normalized spacial score (nSPS) is 12.4. The van der Waals surface area contributed by atoms with Crippen LogP contribution in [0.1, 0.15) is 11.3 Å². The standard InChI is InChI=1S/C15H6ClF6N3OS/c16-13-25-11(15(20,21)22)10(27-13)12-23-8(5-9(26)24-12)6-1-3-7(4-2-6)14(17,18)19/h1-5H,(H,23,24,26). The van der Waals surface area contributed by atoms with E-state index in [0.29, 0.717) is 11.3 Å². The van der Waals surface area contributed by atoms with E-state index in [1.54, 1.807) is 0 Å². The van der Waals surface area contributed by atoms with Crippen molar-refractivity contribution in [1.29, 1.82) is 0 Å². The maximum atomic E-state index is 13.1. The molecule has 27 heavy (non-hydrogen) atoms. The average Bonchev–Trinajstić information content (AvgIpc) is 2.96. The van der Waals surface area contributed by atoms with Crippen LogP contribution in [0, 0.1) is 0 Å². The van der Waals surface area contributed by atoms with E-state index in [2.05, 4.69) is 15.0 Å². The maximum absolute atomic E-state index is 13.1. The summed E-state index contributed by atoms with van der Waals surface area (Å²) in [6, 6.07) is 4.66. The number of hydrogen-bond acceptors (Lipinski definition) is 4. The van der Waals surface area contributed by atoms with E-state index in [0.717, 1.165) is 30.3 Å². The Balaban J connectivity index is 2.10. The van der Waals surface area contributed by atoms with Gasteiger partial charge in [0.15, 0.2) is 16.0 Å². The number of benzene rings is 1. The first-order valence-corrected chi connectivity index (χ1v) is 8.17. The first-order valence-electron chi connectivity index (χ1n) is 6.98. The molecule has 0 spiro atoms. The number of nitrogens with one attached hydrogen (secondary N) is 1. The van der Waals surface area contributed by atoms with Gasteiger partial charge in [-0.1, -0.05) is 35.1 Å². The highest BCUT2D eigenvalue weighted by Gasteiger charge is 2.38. The van der Waals surface area contributed by atoms with Gasteiger partial charge in [-0.25, -0.2) is 9.97 Å². The van der Waals surface area contributed by atoms with E-state index in [-0.39, 0.29) is 11.3 Å². The summed E-state index contributed by atoms with van der Waals surface area (Å²) in [5, 5.41) is 0. The van der Waals surface area contributed by atoms with E-state index in [1.165, 1.54) is 0 Å². The number of halogens is 7. The van der Waals surface area contributed by atoms with Gasteiger partial charge in [-0.2, -0.15) is 26.3 Å². The van der Waals surface area contributed by atoms with Crippen LogP contribution in [0.3, 0.4) is 0 Å². The zero-order valence-electron chi connectivity index (χ0n) is 12.7. The summed E-state index contributed by atoms with van der Waals surface area (Å²) in [5.41, 5.74) is -2.98. The Hall–Kier alpha value is -2.40. The Morgan fingerprint density at radius 2 is 1.59 bits per heavy atom. The molecule has 0 amide bonds. The number of alkyl halides is 6. The minimum Gasteiger partial charge on any atom is -0.306 e. The zero-order chi connectivity index (χ0) is 20.0.